The number of rotatable bonds is 0. The van der Waals surface area contributed by atoms with Gasteiger partial charge in [0.25, 0.3) is 0 Å². The van der Waals surface area contributed by atoms with Gasteiger partial charge in [0.2, 0.25) is 0 Å². The van der Waals surface area contributed by atoms with Crippen LogP contribution in [0.5, 0.6) is 0 Å². The van der Waals surface area contributed by atoms with Crippen molar-refractivity contribution in [2.24, 2.45) is 0 Å². The molecular formula is C14H13ClN2. The number of halogens is 1. The fraction of sp³-hybridized carbons (Fsp3) is 0.143. The summed E-state index contributed by atoms with van der Waals surface area (Å²) in [5, 5.41) is 3.05. The maximum Gasteiger partial charge on any atom is 0.0739 e. The van der Waals surface area contributed by atoms with Crippen LogP contribution in [-0.2, 0) is 0 Å². The maximum atomic E-state index is 6.34. The fourth-order valence-corrected chi connectivity index (χ4v) is 2.64. The van der Waals surface area contributed by atoms with Crippen LogP contribution in [-0.4, -0.2) is 14.1 Å². The first kappa shape index (κ1) is 10.5. The molecule has 2 nitrogen and oxygen atoms in total. The molecule has 2 aliphatic heterocycles. The van der Waals surface area contributed by atoms with Crippen molar-refractivity contribution in [2.75, 3.05) is 23.9 Å². The summed E-state index contributed by atoms with van der Waals surface area (Å²) >= 11 is 6.34. The molecule has 3 heteroatoms. The van der Waals surface area contributed by atoms with E-state index >= 15 is 0 Å². The van der Waals surface area contributed by atoms with Gasteiger partial charge in [-0.15, -0.1) is 0 Å². The van der Waals surface area contributed by atoms with Gasteiger partial charge >= 0.3 is 0 Å². The van der Waals surface area contributed by atoms with E-state index in [0.717, 1.165) is 21.1 Å². The minimum absolute atomic E-state index is 0.801. The van der Waals surface area contributed by atoms with Crippen LogP contribution in [0.4, 0.5) is 11.4 Å². The number of allylic oxidation sites excluding steroid dienone is 2. The zero-order valence-electron chi connectivity index (χ0n) is 9.81. The molecule has 2 heterocycles. The second kappa shape index (κ2) is 3.67. The first-order valence-electron chi connectivity index (χ1n) is 5.54. The molecule has 0 N–H and O–H groups in total. The summed E-state index contributed by atoms with van der Waals surface area (Å²) < 4.78 is 0. The molecule has 3 rings (SSSR count). The van der Waals surface area contributed by atoms with E-state index in [4.69, 9.17) is 11.6 Å². The summed E-state index contributed by atoms with van der Waals surface area (Å²) in [6, 6.07) is 2.03. The van der Waals surface area contributed by atoms with Gasteiger partial charge in [0.15, 0.2) is 0 Å². The predicted octanol–water partition coefficient (Wildman–Crippen LogP) is 1.83. The van der Waals surface area contributed by atoms with E-state index in [1.54, 1.807) is 0 Å². The molecule has 0 saturated carbocycles. The predicted molar refractivity (Wildman–Crippen MR) is 74.7 cm³/mol. The third kappa shape index (κ3) is 1.48. The molecule has 0 aromatic heterocycles. The van der Waals surface area contributed by atoms with E-state index in [-0.39, 0.29) is 0 Å². The Hall–Kier alpha value is -1.67. The van der Waals surface area contributed by atoms with Crippen molar-refractivity contribution < 1.29 is 0 Å². The number of fused-ring (bicyclic) bond motifs is 3. The lowest BCUT2D eigenvalue weighted by molar-refractivity contribution is 1.11. The second-order valence-electron chi connectivity index (χ2n) is 4.30. The maximum absolute atomic E-state index is 6.34. The molecule has 86 valence electrons. The summed E-state index contributed by atoms with van der Waals surface area (Å²) in [6.07, 6.45) is 12.3. The minimum atomic E-state index is 0.801. The van der Waals surface area contributed by atoms with Gasteiger partial charge in [-0.1, -0.05) is 17.7 Å². The summed E-state index contributed by atoms with van der Waals surface area (Å²) in [7, 11) is 4.10. The SMILES string of the molecule is CN1C=CC=c2cc(Cl)c3c(c21)N(C)C=CC=3. The highest BCUT2D eigenvalue weighted by Crippen LogP contribution is 2.26. The highest BCUT2D eigenvalue weighted by Gasteiger charge is 2.17. The van der Waals surface area contributed by atoms with Gasteiger partial charge in [-0.05, 0) is 24.3 Å². The van der Waals surface area contributed by atoms with Crippen LogP contribution in [0.15, 0.2) is 30.6 Å². The van der Waals surface area contributed by atoms with E-state index in [2.05, 4.69) is 35.2 Å². The molecule has 1 aromatic carbocycles. The average molecular weight is 245 g/mol. The summed E-state index contributed by atoms with van der Waals surface area (Å²) in [5.41, 5.74) is 2.37. The number of benzene rings is 1. The van der Waals surface area contributed by atoms with Crippen LogP contribution in [0, 0.1) is 0 Å². The third-order valence-corrected chi connectivity index (χ3v) is 3.47. The molecule has 0 saturated heterocycles. The van der Waals surface area contributed by atoms with Crippen LogP contribution in [0.3, 0.4) is 0 Å². The lowest BCUT2D eigenvalue weighted by Gasteiger charge is -2.28. The van der Waals surface area contributed by atoms with Gasteiger partial charge in [0.1, 0.15) is 0 Å². The van der Waals surface area contributed by atoms with Gasteiger partial charge in [-0.25, -0.2) is 0 Å². The van der Waals surface area contributed by atoms with Gasteiger partial charge in [0.05, 0.1) is 16.4 Å². The topological polar surface area (TPSA) is 6.48 Å². The lowest BCUT2D eigenvalue weighted by Crippen LogP contribution is -2.31. The number of nitrogens with zero attached hydrogens (tertiary/aromatic N) is 2. The molecular weight excluding hydrogens is 232 g/mol. The van der Waals surface area contributed by atoms with Crippen molar-refractivity contribution >= 4 is 35.1 Å². The smallest absolute Gasteiger partial charge is 0.0739 e. The highest BCUT2D eigenvalue weighted by molar-refractivity contribution is 6.31. The number of anilines is 2. The van der Waals surface area contributed by atoms with Crippen LogP contribution in [0.2, 0.25) is 5.02 Å². The Bertz CT molecular complexity index is 656. The van der Waals surface area contributed by atoms with Crippen molar-refractivity contribution in [1.29, 1.82) is 0 Å². The second-order valence-corrected chi connectivity index (χ2v) is 4.70. The summed E-state index contributed by atoms with van der Waals surface area (Å²) in [4.78, 5) is 4.25. The van der Waals surface area contributed by atoms with Crippen LogP contribution in [0.1, 0.15) is 0 Å². The molecule has 1 aromatic rings. The standard InChI is InChI=1S/C14H13ClN2/c1-16-7-3-5-10-9-12(15)11-6-4-8-17(2)14(11)13(10)16/h3-9H,1-2H3. The molecule has 0 spiro atoms. The molecule has 0 amide bonds. The molecule has 0 atom stereocenters. The van der Waals surface area contributed by atoms with Crippen LogP contribution < -0.4 is 20.2 Å². The van der Waals surface area contributed by atoms with Crippen LogP contribution >= 0.6 is 11.6 Å². The third-order valence-electron chi connectivity index (χ3n) is 3.16. The Morgan fingerprint density at radius 1 is 0.941 bits per heavy atom. The molecule has 2 aliphatic rings. The Kier molecular flexibility index (Phi) is 2.26. The molecule has 17 heavy (non-hydrogen) atoms. The number of hydrogen-bond acceptors (Lipinski definition) is 2. The molecule has 0 unspecified atom stereocenters. The molecule has 0 fully saturated rings. The van der Waals surface area contributed by atoms with Crippen molar-refractivity contribution in [3.63, 3.8) is 0 Å². The van der Waals surface area contributed by atoms with Crippen molar-refractivity contribution in [2.45, 2.75) is 0 Å². The minimum Gasteiger partial charge on any atom is -0.349 e. The Morgan fingerprint density at radius 3 is 2.35 bits per heavy atom. The quantitative estimate of drug-likeness (QED) is 0.687. The van der Waals surface area contributed by atoms with E-state index in [9.17, 15) is 0 Å². The monoisotopic (exact) mass is 244 g/mol. The molecule has 0 aliphatic carbocycles. The van der Waals surface area contributed by atoms with E-state index in [1.807, 2.05) is 31.5 Å². The summed E-state index contributed by atoms with van der Waals surface area (Å²) in [5.74, 6) is 0. The zero-order valence-corrected chi connectivity index (χ0v) is 10.6. The van der Waals surface area contributed by atoms with Crippen molar-refractivity contribution in [3.8, 4) is 0 Å². The Labute approximate surface area is 105 Å². The van der Waals surface area contributed by atoms with Gasteiger partial charge in [-0.3, -0.25) is 0 Å². The fourth-order valence-electron chi connectivity index (χ4n) is 2.37. The van der Waals surface area contributed by atoms with Gasteiger partial charge in [-0.2, -0.15) is 0 Å². The Balaban J connectivity index is 2.47. The lowest BCUT2D eigenvalue weighted by atomic mass is 10.1. The average Bonchev–Trinajstić information content (AvgIpc) is 2.30. The number of hydrogen-bond donors (Lipinski definition) is 0. The largest absolute Gasteiger partial charge is 0.349 e. The highest BCUT2D eigenvalue weighted by atomic mass is 35.5. The Morgan fingerprint density at radius 2 is 1.59 bits per heavy atom. The first-order valence-corrected chi connectivity index (χ1v) is 5.91. The van der Waals surface area contributed by atoms with Crippen LogP contribution in [0.25, 0.3) is 12.2 Å². The molecule has 0 bridgehead atoms. The van der Waals surface area contributed by atoms with Crippen molar-refractivity contribution in [1.82, 2.24) is 0 Å². The molecule has 0 radical (unpaired) electrons. The van der Waals surface area contributed by atoms with E-state index < -0.39 is 0 Å². The van der Waals surface area contributed by atoms with Gasteiger partial charge < -0.3 is 9.80 Å². The van der Waals surface area contributed by atoms with Crippen molar-refractivity contribution in [3.05, 3.63) is 46.1 Å². The first-order chi connectivity index (χ1) is 8.18. The van der Waals surface area contributed by atoms with E-state index in [1.165, 1.54) is 5.69 Å². The van der Waals surface area contributed by atoms with Gasteiger partial charge in [0, 0.05) is 36.9 Å². The summed E-state index contributed by atoms with van der Waals surface area (Å²) in [6.45, 7) is 0. The normalized spacial score (nSPS) is 16.2. The zero-order chi connectivity index (χ0) is 12.0. The van der Waals surface area contributed by atoms with E-state index in [0.29, 0.717) is 0 Å².